The molecule has 2 aromatic heterocycles. The van der Waals surface area contributed by atoms with E-state index in [1.807, 2.05) is 0 Å². The predicted octanol–water partition coefficient (Wildman–Crippen LogP) is 13.0. The number of fused-ring (bicyclic) bond motifs is 7. The van der Waals surface area contributed by atoms with Crippen LogP contribution in [0.25, 0.3) is 71.9 Å². The average Bonchev–Trinajstić information content (AvgIpc) is 3.74. The largest absolute Gasteiger partial charge is 0.294 e. The molecule has 2 heterocycles. The molecule has 1 aliphatic carbocycles. The summed E-state index contributed by atoms with van der Waals surface area (Å²) >= 11 is 0. The molecular weight excluding hydrogens is 653 g/mol. The standard InChI is InChI=1S/C52H34N2/c1-3-16-35(17-4-1)36-18-15-19-37(32-36)44-34-51(53-48-28-13-9-24-42(44)48)54-49-29-14-10-25-43(49)45-33-39(30-31-50(45)54)52(38-20-5-2-6-21-38)46-26-11-7-22-40(46)41-23-8-12-27-47(41)52/h1-34H. The summed E-state index contributed by atoms with van der Waals surface area (Å²) in [6.45, 7) is 0. The maximum atomic E-state index is 5.37. The van der Waals surface area contributed by atoms with Gasteiger partial charge < -0.3 is 0 Å². The number of hydrogen-bond acceptors (Lipinski definition) is 1. The molecule has 11 rings (SSSR count). The lowest BCUT2D eigenvalue weighted by atomic mass is 9.67. The molecule has 0 spiro atoms. The molecule has 0 unspecified atom stereocenters. The van der Waals surface area contributed by atoms with Crippen molar-refractivity contribution in [2.45, 2.75) is 5.41 Å². The highest BCUT2D eigenvalue weighted by Gasteiger charge is 2.46. The molecule has 1 aliphatic rings. The third kappa shape index (κ3) is 4.44. The average molecular weight is 687 g/mol. The Balaban J connectivity index is 1.17. The van der Waals surface area contributed by atoms with E-state index in [-0.39, 0.29) is 0 Å². The fraction of sp³-hybridized carbons (Fsp3) is 0.0192. The summed E-state index contributed by atoms with van der Waals surface area (Å²) in [6.07, 6.45) is 0. The summed E-state index contributed by atoms with van der Waals surface area (Å²) in [5.41, 5.74) is 15.3. The molecule has 0 saturated heterocycles. The molecule has 0 radical (unpaired) electrons. The van der Waals surface area contributed by atoms with E-state index in [1.165, 1.54) is 60.8 Å². The number of nitrogens with zero attached hydrogens (tertiary/aromatic N) is 2. The third-order valence-corrected chi connectivity index (χ3v) is 11.5. The quantitative estimate of drug-likeness (QED) is 0.176. The van der Waals surface area contributed by atoms with Gasteiger partial charge in [0.1, 0.15) is 5.82 Å². The van der Waals surface area contributed by atoms with Crippen LogP contribution in [0.3, 0.4) is 0 Å². The maximum absolute atomic E-state index is 5.37. The summed E-state index contributed by atoms with van der Waals surface area (Å²) < 4.78 is 2.36. The fourth-order valence-corrected chi connectivity index (χ4v) is 9.18. The van der Waals surface area contributed by atoms with Crippen molar-refractivity contribution in [3.05, 3.63) is 229 Å². The van der Waals surface area contributed by atoms with E-state index < -0.39 is 5.41 Å². The zero-order valence-corrected chi connectivity index (χ0v) is 29.5. The lowest BCUT2D eigenvalue weighted by Crippen LogP contribution is -2.28. The first-order chi connectivity index (χ1) is 26.8. The van der Waals surface area contributed by atoms with Crippen LogP contribution in [0.1, 0.15) is 22.3 Å². The van der Waals surface area contributed by atoms with E-state index in [9.17, 15) is 0 Å². The molecule has 0 N–H and O–H groups in total. The molecule has 0 atom stereocenters. The first-order valence-electron chi connectivity index (χ1n) is 18.6. The summed E-state index contributed by atoms with van der Waals surface area (Å²) in [7, 11) is 0. The van der Waals surface area contributed by atoms with Crippen LogP contribution in [0.4, 0.5) is 0 Å². The van der Waals surface area contributed by atoms with E-state index >= 15 is 0 Å². The number of pyridine rings is 1. The molecule has 0 bridgehead atoms. The molecular formula is C52H34N2. The second-order valence-electron chi connectivity index (χ2n) is 14.3. The van der Waals surface area contributed by atoms with Gasteiger partial charge in [0.25, 0.3) is 0 Å². The smallest absolute Gasteiger partial charge is 0.138 e. The van der Waals surface area contributed by atoms with Gasteiger partial charge in [-0.25, -0.2) is 4.98 Å². The molecule has 54 heavy (non-hydrogen) atoms. The maximum Gasteiger partial charge on any atom is 0.138 e. The van der Waals surface area contributed by atoms with Crippen LogP contribution < -0.4 is 0 Å². The van der Waals surface area contributed by atoms with E-state index in [0.717, 1.165) is 33.3 Å². The number of hydrogen-bond donors (Lipinski definition) is 0. The monoisotopic (exact) mass is 686 g/mol. The van der Waals surface area contributed by atoms with Crippen LogP contribution in [0.5, 0.6) is 0 Å². The van der Waals surface area contributed by atoms with Crippen molar-refractivity contribution in [1.29, 1.82) is 0 Å². The van der Waals surface area contributed by atoms with Crippen molar-refractivity contribution in [1.82, 2.24) is 9.55 Å². The molecule has 0 fully saturated rings. The van der Waals surface area contributed by atoms with Crippen LogP contribution in [-0.4, -0.2) is 9.55 Å². The molecule has 8 aromatic carbocycles. The van der Waals surface area contributed by atoms with Crippen LogP contribution in [0, 0.1) is 0 Å². The zero-order chi connectivity index (χ0) is 35.6. The van der Waals surface area contributed by atoms with Gasteiger partial charge in [0.2, 0.25) is 0 Å². The van der Waals surface area contributed by atoms with Gasteiger partial charge in [0.05, 0.1) is 22.0 Å². The highest BCUT2D eigenvalue weighted by Crippen LogP contribution is 2.56. The third-order valence-electron chi connectivity index (χ3n) is 11.5. The van der Waals surface area contributed by atoms with Crippen molar-refractivity contribution in [3.8, 4) is 39.2 Å². The zero-order valence-electron chi connectivity index (χ0n) is 29.5. The van der Waals surface area contributed by atoms with E-state index in [4.69, 9.17) is 4.98 Å². The first kappa shape index (κ1) is 30.6. The number of aromatic nitrogens is 2. The van der Waals surface area contributed by atoms with Gasteiger partial charge in [0, 0.05) is 16.2 Å². The molecule has 252 valence electrons. The fourth-order valence-electron chi connectivity index (χ4n) is 9.18. The molecule has 0 aliphatic heterocycles. The lowest BCUT2D eigenvalue weighted by molar-refractivity contribution is 0.770. The van der Waals surface area contributed by atoms with Crippen molar-refractivity contribution in [2.24, 2.45) is 0 Å². The predicted molar refractivity (Wildman–Crippen MR) is 224 cm³/mol. The number of para-hydroxylation sites is 2. The Labute approximate surface area is 314 Å². The first-order valence-corrected chi connectivity index (χ1v) is 18.6. The Morgan fingerprint density at radius 1 is 0.352 bits per heavy atom. The van der Waals surface area contributed by atoms with E-state index in [2.05, 4.69) is 211 Å². The van der Waals surface area contributed by atoms with Gasteiger partial charge in [0.15, 0.2) is 0 Å². The summed E-state index contributed by atoms with van der Waals surface area (Å²) in [5, 5.41) is 3.56. The second-order valence-corrected chi connectivity index (χ2v) is 14.3. The van der Waals surface area contributed by atoms with Gasteiger partial charge in [-0.05, 0) is 92.0 Å². The normalized spacial score (nSPS) is 13.0. The van der Waals surface area contributed by atoms with Crippen LogP contribution >= 0.6 is 0 Å². The van der Waals surface area contributed by atoms with E-state index in [0.29, 0.717) is 0 Å². The highest BCUT2D eigenvalue weighted by molar-refractivity contribution is 6.10. The lowest BCUT2D eigenvalue weighted by Gasteiger charge is -2.34. The van der Waals surface area contributed by atoms with Crippen molar-refractivity contribution < 1.29 is 0 Å². The van der Waals surface area contributed by atoms with Gasteiger partial charge >= 0.3 is 0 Å². The Morgan fingerprint density at radius 3 is 1.72 bits per heavy atom. The minimum absolute atomic E-state index is 0.468. The van der Waals surface area contributed by atoms with Crippen LogP contribution in [0.15, 0.2) is 206 Å². The Bertz CT molecular complexity index is 3000. The van der Waals surface area contributed by atoms with Crippen molar-refractivity contribution in [2.75, 3.05) is 0 Å². The molecule has 2 nitrogen and oxygen atoms in total. The van der Waals surface area contributed by atoms with Gasteiger partial charge in [-0.2, -0.15) is 0 Å². The van der Waals surface area contributed by atoms with Crippen LogP contribution in [0.2, 0.25) is 0 Å². The molecule has 10 aromatic rings. The SMILES string of the molecule is c1ccc(-c2cccc(-c3cc(-n4c5ccccc5c5cc(C6(c7ccccc7)c7ccccc7-c7ccccc76)ccc54)nc4ccccc34)c2)cc1. The molecule has 2 heteroatoms. The molecule has 0 amide bonds. The Kier molecular flexibility index (Phi) is 6.80. The Hall–Kier alpha value is -7.03. The van der Waals surface area contributed by atoms with Crippen LogP contribution in [-0.2, 0) is 5.41 Å². The van der Waals surface area contributed by atoms with Crippen molar-refractivity contribution >= 4 is 32.7 Å². The topological polar surface area (TPSA) is 17.8 Å². The minimum atomic E-state index is -0.468. The number of rotatable bonds is 5. The molecule has 0 saturated carbocycles. The van der Waals surface area contributed by atoms with Gasteiger partial charge in [-0.15, -0.1) is 0 Å². The second kappa shape index (κ2) is 12.0. The van der Waals surface area contributed by atoms with E-state index in [1.54, 1.807) is 0 Å². The van der Waals surface area contributed by atoms with Crippen molar-refractivity contribution in [3.63, 3.8) is 0 Å². The summed E-state index contributed by atoms with van der Waals surface area (Å²) in [5.74, 6) is 0.905. The summed E-state index contributed by atoms with van der Waals surface area (Å²) in [6, 6.07) is 75.1. The highest BCUT2D eigenvalue weighted by atomic mass is 15.1. The van der Waals surface area contributed by atoms with Gasteiger partial charge in [-0.3, -0.25) is 4.57 Å². The van der Waals surface area contributed by atoms with Gasteiger partial charge in [-0.1, -0.05) is 170 Å². The Morgan fingerprint density at radius 2 is 0.944 bits per heavy atom. The minimum Gasteiger partial charge on any atom is -0.294 e. The number of benzene rings is 8. The summed E-state index contributed by atoms with van der Waals surface area (Å²) in [4.78, 5) is 5.37.